The van der Waals surface area contributed by atoms with Gasteiger partial charge in [0.1, 0.15) is 17.4 Å². The van der Waals surface area contributed by atoms with Crippen molar-refractivity contribution in [2.75, 3.05) is 25.6 Å². The van der Waals surface area contributed by atoms with Crippen LogP contribution < -0.4 is 15.4 Å². The highest BCUT2D eigenvalue weighted by Crippen LogP contribution is 2.16. The van der Waals surface area contributed by atoms with E-state index in [9.17, 15) is 9.59 Å². The Labute approximate surface area is 149 Å². The highest BCUT2D eigenvalue weighted by molar-refractivity contribution is 7.15. The lowest BCUT2D eigenvalue weighted by atomic mass is 10.2. The Morgan fingerprint density at radius 3 is 2.88 bits per heavy atom. The normalized spacial score (nSPS) is 10.3. The van der Waals surface area contributed by atoms with Crippen LogP contribution in [0.25, 0.3) is 0 Å². The number of aromatic nitrogens is 2. The van der Waals surface area contributed by atoms with Crippen LogP contribution in [0.5, 0.6) is 5.75 Å². The molecule has 0 aliphatic heterocycles. The molecule has 134 valence electrons. The molecule has 0 spiro atoms. The SMILES string of the molecule is CCOCc1nnc(NC(=O)CCNC(=O)c2cccc(OC)c2)s1. The number of ether oxygens (including phenoxy) is 2. The zero-order valence-electron chi connectivity index (χ0n) is 14.1. The van der Waals surface area contributed by atoms with Gasteiger partial charge in [-0.15, -0.1) is 10.2 Å². The molecular weight excluding hydrogens is 344 g/mol. The first kappa shape index (κ1) is 18.8. The van der Waals surface area contributed by atoms with E-state index in [4.69, 9.17) is 9.47 Å². The van der Waals surface area contributed by atoms with Crippen molar-refractivity contribution in [1.29, 1.82) is 0 Å². The summed E-state index contributed by atoms with van der Waals surface area (Å²) >= 11 is 1.26. The van der Waals surface area contributed by atoms with Crippen LogP contribution in [-0.4, -0.2) is 42.3 Å². The van der Waals surface area contributed by atoms with Gasteiger partial charge < -0.3 is 20.1 Å². The average molecular weight is 364 g/mol. The molecule has 2 N–H and O–H groups in total. The fourth-order valence-electron chi connectivity index (χ4n) is 1.89. The van der Waals surface area contributed by atoms with E-state index < -0.39 is 0 Å². The summed E-state index contributed by atoms with van der Waals surface area (Å²) in [6.45, 7) is 3.07. The van der Waals surface area contributed by atoms with Crippen LogP contribution in [0.15, 0.2) is 24.3 Å². The van der Waals surface area contributed by atoms with Crippen LogP contribution in [0.3, 0.4) is 0 Å². The predicted octanol–water partition coefficient (Wildman–Crippen LogP) is 1.84. The molecule has 0 fully saturated rings. The van der Waals surface area contributed by atoms with E-state index in [-0.39, 0.29) is 24.8 Å². The molecule has 2 aromatic rings. The highest BCUT2D eigenvalue weighted by Gasteiger charge is 2.10. The van der Waals surface area contributed by atoms with Gasteiger partial charge in [0, 0.05) is 25.1 Å². The maximum absolute atomic E-state index is 12.0. The Bertz CT molecular complexity index is 720. The zero-order chi connectivity index (χ0) is 18.1. The van der Waals surface area contributed by atoms with Crippen LogP contribution in [-0.2, 0) is 16.1 Å². The number of carbonyl (C=O) groups is 2. The van der Waals surface area contributed by atoms with Crippen LogP contribution in [0.1, 0.15) is 28.7 Å². The minimum Gasteiger partial charge on any atom is -0.497 e. The molecule has 2 rings (SSSR count). The van der Waals surface area contributed by atoms with Gasteiger partial charge >= 0.3 is 0 Å². The van der Waals surface area contributed by atoms with E-state index >= 15 is 0 Å². The monoisotopic (exact) mass is 364 g/mol. The number of anilines is 1. The largest absolute Gasteiger partial charge is 0.497 e. The third kappa shape index (κ3) is 6.12. The minimum atomic E-state index is -0.262. The molecule has 0 aliphatic rings. The topological polar surface area (TPSA) is 102 Å². The number of hydrogen-bond acceptors (Lipinski definition) is 7. The second-order valence-electron chi connectivity index (χ2n) is 4.92. The molecule has 1 heterocycles. The van der Waals surface area contributed by atoms with Crippen molar-refractivity contribution in [3.8, 4) is 5.75 Å². The first-order chi connectivity index (χ1) is 12.1. The summed E-state index contributed by atoms with van der Waals surface area (Å²) < 4.78 is 10.3. The molecule has 1 aromatic heterocycles. The van der Waals surface area contributed by atoms with E-state index in [0.717, 1.165) is 0 Å². The quantitative estimate of drug-likeness (QED) is 0.704. The first-order valence-corrected chi connectivity index (χ1v) is 8.56. The van der Waals surface area contributed by atoms with Crippen molar-refractivity contribution in [2.24, 2.45) is 0 Å². The summed E-state index contributed by atoms with van der Waals surface area (Å²) in [5.74, 6) is 0.0937. The Morgan fingerprint density at radius 1 is 1.28 bits per heavy atom. The van der Waals surface area contributed by atoms with Gasteiger partial charge in [-0.05, 0) is 25.1 Å². The maximum atomic E-state index is 12.0. The summed E-state index contributed by atoms with van der Waals surface area (Å²) in [5, 5.41) is 14.2. The second-order valence-corrected chi connectivity index (χ2v) is 5.99. The molecule has 2 amide bonds. The molecule has 0 saturated heterocycles. The van der Waals surface area contributed by atoms with Crippen LogP contribution in [0.4, 0.5) is 5.13 Å². The van der Waals surface area contributed by atoms with Gasteiger partial charge in [-0.1, -0.05) is 17.4 Å². The second kappa shape index (κ2) is 9.70. The van der Waals surface area contributed by atoms with E-state index in [1.807, 2.05) is 6.92 Å². The number of rotatable bonds is 9. The standard InChI is InChI=1S/C16H20N4O4S/c1-3-24-10-14-19-20-16(25-14)18-13(21)7-8-17-15(22)11-5-4-6-12(9-11)23-2/h4-6,9H,3,7-8,10H2,1-2H3,(H,17,22)(H,18,20,21). The van der Waals surface area contributed by atoms with Crippen molar-refractivity contribution in [2.45, 2.75) is 20.0 Å². The number of methoxy groups -OCH3 is 1. The molecule has 25 heavy (non-hydrogen) atoms. The van der Waals surface area contributed by atoms with Crippen LogP contribution in [0.2, 0.25) is 0 Å². The highest BCUT2D eigenvalue weighted by atomic mass is 32.1. The minimum absolute atomic E-state index is 0.135. The lowest BCUT2D eigenvalue weighted by Crippen LogP contribution is -2.27. The van der Waals surface area contributed by atoms with E-state index in [2.05, 4.69) is 20.8 Å². The first-order valence-electron chi connectivity index (χ1n) is 7.74. The lowest BCUT2D eigenvalue weighted by Gasteiger charge is -2.06. The molecule has 0 bridgehead atoms. The van der Waals surface area contributed by atoms with E-state index in [1.165, 1.54) is 18.4 Å². The van der Waals surface area contributed by atoms with Gasteiger partial charge in [0.05, 0.1) is 7.11 Å². The van der Waals surface area contributed by atoms with Gasteiger partial charge in [-0.3, -0.25) is 9.59 Å². The predicted molar refractivity (Wildman–Crippen MR) is 93.8 cm³/mol. The number of hydrogen-bond donors (Lipinski definition) is 2. The molecule has 9 heteroatoms. The smallest absolute Gasteiger partial charge is 0.251 e. The molecule has 0 aliphatic carbocycles. The van der Waals surface area contributed by atoms with Crippen molar-refractivity contribution in [1.82, 2.24) is 15.5 Å². The zero-order valence-corrected chi connectivity index (χ0v) is 14.9. The van der Waals surface area contributed by atoms with Gasteiger partial charge in [-0.2, -0.15) is 0 Å². The van der Waals surface area contributed by atoms with Crippen molar-refractivity contribution >= 4 is 28.3 Å². The summed E-state index contributed by atoms with van der Waals surface area (Å²) in [7, 11) is 1.54. The Balaban J connectivity index is 1.74. The average Bonchev–Trinajstić information content (AvgIpc) is 3.07. The number of carbonyl (C=O) groups excluding carboxylic acids is 2. The summed E-state index contributed by atoms with van der Waals surface area (Å²) in [6.07, 6.45) is 0.135. The Hall–Kier alpha value is -2.52. The third-order valence-corrected chi connectivity index (χ3v) is 3.92. The molecule has 1 aromatic carbocycles. The van der Waals surface area contributed by atoms with Crippen LogP contribution in [0, 0.1) is 0 Å². The van der Waals surface area contributed by atoms with Crippen molar-refractivity contribution in [3.05, 3.63) is 34.8 Å². The van der Waals surface area contributed by atoms with E-state index in [0.29, 0.717) is 34.7 Å². The van der Waals surface area contributed by atoms with E-state index in [1.54, 1.807) is 24.3 Å². The summed E-state index contributed by atoms with van der Waals surface area (Å²) in [4.78, 5) is 23.9. The molecular formula is C16H20N4O4S. The maximum Gasteiger partial charge on any atom is 0.251 e. The van der Waals surface area contributed by atoms with Gasteiger partial charge in [0.2, 0.25) is 11.0 Å². The van der Waals surface area contributed by atoms with Crippen molar-refractivity contribution < 1.29 is 19.1 Å². The third-order valence-electron chi connectivity index (χ3n) is 3.11. The molecule has 8 nitrogen and oxygen atoms in total. The number of benzene rings is 1. The van der Waals surface area contributed by atoms with Gasteiger partial charge in [-0.25, -0.2) is 0 Å². The number of nitrogens with one attached hydrogen (secondary N) is 2. The Kier molecular flexibility index (Phi) is 7.30. The van der Waals surface area contributed by atoms with Crippen LogP contribution >= 0.6 is 11.3 Å². The van der Waals surface area contributed by atoms with Gasteiger partial charge in [0.15, 0.2) is 0 Å². The fourth-order valence-corrected chi connectivity index (χ4v) is 2.58. The van der Waals surface area contributed by atoms with Gasteiger partial charge in [0.25, 0.3) is 5.91 Å². The number of amides is 2. The lowest BCUT2D eigenvalue weighted by molar-refractivity contribution is -0.116. The number of nitrogens with zero attached hydrogens (tertiary/aromatic N) is 2. The summed E-state index contributed by atoms with van der Waals surface area (Å²) in [5.41, 5.74) is 0.476. The fraction of sp³-hybridized carbons (Fsp3) is 0.375. The molecule has 0 unspecified atom stereocenters. The molecule has 0 atom stereocenters. The molecule has 0 saturated carbocycles. The van der Waals surface area contributed by atoms with Crippen molar-refractivity contribution in [3.63, 3.8) is 0 Å². The summed E-state index contributed by atoms with van der Waals surface area (Å²) in [6, 6.07) is 6.80. The molecule has 0 radical (unpaired) electrons. The Morgan fingerprint density at radius 2 is 2.12 bits per heavy atom.